The van der Waals surface area contributed by atoms with E-state index in [0.29, 0.717) is 30.6 Å². The van der Waals surface area contributed by atoms with Crippen molar-refractivity contribution in [2.24, 2.45) is 0 Å². The summed E-state index contributed by atoms with van der Waals surface area (Å²) in [6.07, 6.45) is 0.311. The summed E-state index contributed by atoms with van der Waals surface area (Å²) in [5.74, 6) is -3.71. The average Bonchev–Trinajstić information content (AvgIpc) is 3.32. The van der Waals surface area contributed by atoms with Gasteiger partial charge in [-0.05, 0) is 50.1 Å². The molecule has 192 valence electrons. The second kappa shape index (κ2) is 12.4. The van der Waals surface area contributed by atoms with Crippen LogP contribution in [0.15, 0.2) is 35.1 Å². The number of nitrogens with zero attached hydrogens (tertiary/aromatic N) is 2. The molecule has 3 rings (SSSR count). The number of aromatic nitrogens is 1. The summed E-state index contributed by atoms with van der Waals surface area (Å²) in [6.45, 7) is 1.02. The van der Waals surface area contributed by atoms with Gasteiger partial charge in [0.1, 0.15) is 5.02 Å². The Bertz CT molecular complexity index is 1100. The molecule has 1 aliphatic carbocycles. The van der Waals surface area contributed by atoms with E-state index in [2.05, 4.69) is 11.9 Å². The maximum absolute atomic E-state index is 12.7. The Hall–Kier alpha value is -2.56. The molecule has 0 unspecified atom stereocenters. The molecule has 1 aromatic carbocycles. The average molecular weight is 537 g/mol. The molecule has 2 aromatic rings. The van der Waals surface area contributed by atoms with Crippen LogP contribution in [0, 0.1) is 0 Å². The van der Waals surface area contributed by atoms with Gasteiger partial charge in [0.2, 0.25) is 0 Å². The largest absolute Gasteiger partial charge is 0.490 e. The molecular weight excluding hydrogens is 512 g/mol. The lowest BCUT2D eigenvalue weighted by molar-refractivity contribution is -0.192. The van der Waals surface area contributed by atoms with Crippen LogP contribution in [-0.4, -0.2) is 50.9 Å². The molecule has 35 heavy (non-hydrogen) atoms. The number of carboxylic acids is 2. The number of alkyl halides is 3. The fourth-order valence-corrected chi connectivity index (χ4v) is 4.34. The van der Waals surface area contributed by atoms with E-state index in [1.54, 1.807) is 28.8 Å². The van der Waals surface area contributed by atoms with Gasteiger partial charge in [0, 0.05) is 19.1 Å². The molecule has 0 amide bonds. The third-order valence-corrected chi connectivity index (χ3v) is 6.32. The molecule has 1 heterocycles. The van der Waals surface area contributed by atoms with E-state index in [1.165, 1.54) is 31.7 Å². The SMILES string of the molecule is CN(Cc1c(Cl)cc(Cl)c(=O)n1CCc1ccc(C(=O)O)cc1)C1CCCC1.O=C(O)C(F)(F)F. The van der Waals surface area contributed by atoms with Crippen LogP contribution in [-0.2, 0) is 24.3 Å². The summed E-state index contributed by atoms with van der Waals surface area (Å²) < 4.78 is 33.4. The smallest absolute Gasteiger partial charge is 0.478 e. The Morgan fingerprint density at radius 1 is 1.09 bits per heavy atom. The first kappa shape index (κ1) is 28.7. The van der Waals surface area contributed by atoms with E-state index < -0.39 is 18.1 Å². The molecule has 0 bridgehead atoms. The van der Waals surface area contributed by atoms with Crippen molar-refractivity contribution in [3.05, 3.63) is 67.6 Å². The van der Waals surface area contributed by atoms with Crippen LogP contribution in [0.25, 0.3) is 0 Å². The quantitative estimate of drug-likeness (QED) is 0.510. The number of halogens is 5. The molecular formula is C23H25Cl2F3N2O5. The van der Waals surface area contributed by atoms with Crippen molar-refractivity contribution in [3.63, 3.8) is 0 Å². The van der Waals surface area contributed by atoms with E-state index in [1.807, 2.05) is 0 Å². The first-order valence-electron chi connectivity index (χ1n) is 10.7. The van der Waals surface area contributed by atoms with Gasteiger partial charge in [-0.3, -0.25) is 9.69 Å². The number of aliphatic carboxylic acids is 1. The lowest BCUT2D eigenvalue weighted by Crippen LogP contribution is -2.33. The highest BCUT2D eigenvalue weighted by molar-refractivity contribution is 6.34. The van der Waals surface area contributed by atoms with Crippen LogP contribution in [0.2, 0.25) is 10.0 Å². The third kappa shape index (κ3) is 8.26. The standard InChI is InChI=1S/C21H24Cl2N2O3.C2HF3O2/c1-24(16-4-2-3-5-16)13-19-17(22)12-18(23)20(26)25(19)11-10-14-6-8-15(9-7-14)21(27)28;3-2(4,5)1(6)7/h6-9,12,16H,2-5,10-11,13H2,1H3,(H,27,28);(H,6,7). The third-order valence-electron chi connectivity index (χ3n) is 5.72. The van der Waals surface area contributed by atoms with Crippen LogP contribution < -0.4 is 5.56 Å². The van der Waals surface area contributed by atoms with Gasteiger partial charge < -0.3 is 14.8 Å². The minimum atomic E-state index is -5.08. The van der Waals surface area contributed by atoms with E-state index >= 15 is 0 Å². The molecule has 0 aliphatic heterocycles. The molecule has 1 saturated carbocycles. The summed E-state index contributed by atoms with van der Waals surface area (Å²) >= 11 is 12.6. The number of benzene rings is 1. The Labute approximate surface area is 209 Å². The predicted octanol–water partition coefficient (Wildman–Crippen LogP) is 5.10. The zero-order valence-corrected chi connectivity index (χ0v) is 20.3. The summed E-state index contributed by atoms with van der Waals surface area (Å²) in [5, 5.41) is 16.7. The van der Waals surface area contributed by atoms with Crippen molar-refractivity contribution in [2.45, 2.75) is 57.4 Å². The van der Waals surface area contributed by atoms with Crippen molar-refractivity contribution in [1.82, 2.24) is 9.47 Å². The maximum Gasteiger partial charge on any atom is 0.490 e. The normalized spacial score (nSPS) is 14.0. The molecule has 12 heteroatoms. The lowest BCUT2D eigenvalue weighted by Gasteiger charge is -2.26. The minimum absolute atomic E-state index is 0.110. The van der Waals surface area contributed by atoms with Crippen LogP contribution >= 0.6 is 23.2 Å². The van der Waals surface area contributed by atoms with Crippen molar-refractivity contribution in [3.8, 4) is 0 Å². The van der Waals surface area contributed by atoms with Crippen molar-refractivity contribution in [2.75, 3.05) is 7.05 Å². The predicted molar refractivity (Wildman–Crippen MR) is 125 cm³/mol. The summed E-state index contributed by atoms with van der Waals surface area (Å²) in [6, 6.07) is 8.72. The Morgan fingerprint density at radius 2 is 1.63 bits per heavy atom. The number of hydrogen-bond acceptors (Lipinski definition) is 4. The topological polar surface area (TPSA) is 99.8 Å². The molecule has 1 fully saturated rings. The van der Waals surface area contributed by atoms with Gasteiger partial charge in [-0.25, -0.2) is 9.59 Å². The van der Waals surface area contributed by atoms with Gasteiger partial charge in [-0.15, -0.1) is 0 Å². The fraction of sp³-hybridized carbons (Fsp3) is 0.435. The van der Waals surface area contributed by atoms with Gasteiger partial charge in [0.25, 0.3) is 5.56 Å². The molecule has 0 radical (unpaired) electrons. The zero-order chi connectivity index (χ0) is 26.3. The number of hydrogen-bond donors (Lipinski definition) is 2. The highest BCUT2D eigenvalue weighted by Crippen LogP contribution is 2.26. The van der Waals surface area contributed by atoms with E-state index in [0.717, 1.165) is 11.3 Å². The highest BCUT2D eigenvalue weighted by atomic mass is 35.5. The number of aromatic carboxylic acids is 1. The first-order valence-corrected chi connectivity index (χ1v) is 11.5. The van der Waals surface area contributed by atoms with Gasteiger partial charge >= 0.3 is 18.1 Å². The number of pyridine rings is 1. The van der Waals surface area contributed by atoms with E-state index in [4.69, 9.17) is 38.2 Å². The van der Waals surface area contributed by atoms with Crippen LogP contribution in [0.3, 0.4) is 0 Å². The van der Waals surface area contributed by atoms with Crippen LogP contribution in [0.5, 0.6) is 0 Å². The van der Waals surface area contributed by atoms with Gasteiger partial charge in [0.15, 0.2) is 0 Å². The number of carbonyl (C=O) groups is 2. The molecule has 0 spiro atoms. The van der Waals surface area contributed by atoms with Crippen LogP contribution in [0.4, 0.5) is 13.2 Å². The van der Waals surface area contributed by atoms with E-state index in [9.17, 15) is 22.8 Å². The fourth-order valence-electron chi connectivity index (χ4n) is 3.80. The number of carboxylic acid groups (broad SMARTS) is 2. The minimum Gasteiger partial charge on any atom is -0.478 e. The molecule has 0 atom stereocenters. The Balaban J connectivity index is 0.000000540. The van der Waals surface area contributed by atoms with Gasteiger partial charge in [-0.1, -0.05) is 48.2 Å². The molecule has 1 aliphatic rings. The first-order chi connectivity index (χ1) is 16.3. The second-order valence-corrected chi connectivity index (χ2v) is 8.97. The maximum atomic E-state index is 12.7. The monoisotopic (exact) mass is 536 g/mol. The lowest BCUT2D eigenvalue weighted by atomic mass is 10.1. The van der Waals surface area contributed by atoms with Crippen LogP contribution in [0.1, 0.15) is 47.3 Å². The summed E-state index contributed by atoms with van der Waals surface area (Å²) in [7, 11) is 2.07. The molecule has 0 saturated heterocycles. The Morgan fingerprint density at radius 3 is 2.11 bits per heavy atom. The second-order valence-electron chi connectivity index (χ2n) is 8.15. The highest BCUT2D eigenvalue weighted by Gasteiger charge is 2.38. The summed E-state index contributed by atoms with van der Waals surface area (Å²) in [5.41, 5.74) is 1.71. The summed E-state index contributed by atoms with van der Waals surface area (Å²) in [4.78, 5) is 34.8. The van der Waals surface area contributed by atoms with Gasteiger partial charge in [0.05, 0.1) is 16.3 Å². The van der Waals surface area contributed by atoms with Crippen molar-refractivity contribution in [1.29, 1.82) is 0 Å². The number of rotatable bonds is 7. The molecule has 7 nitrogen and oxygen atoms in total. The Kier molecular flexibility index (Phi) is 10.2. The molecule has 1 aromatic heterocycles. The zero-order valence-electron chi connectivity index (χ0n) is 18.8. The van der Waals surface area contributed by atoms with E-state index in [-0.39, 0.29) is 16.1 Å². The molecule has 2 N–H and O–H groups in total. The van der Waals surface area contributed by atoms with Crippen molar-refractivity contribution < 1.29 is 33.0 Å². The van der Waals surface area contributed by atoms with Crippen molar-refractivity contribution >= 4 is 35.1 Å². The van der Waals surface area contributed by atoms with Gasteiger partial charge in [-0.2, -0.15) is 13.2 Å². The number of aryl methyl sites for hydroxylation is 1.